The van der Waals surface area contributed by atoms with Crippen LogP contribution in [0.2, 0.25) is 0 Å². The molecular weight excluding hydrogens is 300 g/mol. The topological polar surface area (TPSA) is 57.7 Å². The number of rotatable bonds is 5. The molecule has 1 aliphatic heterocycles. The third-order valence-electron chi connectivity index (χ3n) is 3.99. The summed E-state index contributed by atoms with van der Waals surface area (Å²) in [6.07, 6.45) is 2.46. The van der Waals surface area contributed by atoms with Gasteiger partial charge in [-0.2, -0.15) is 4.31 Å². The highest BCUT2D eigenvalue weighted by Gasteiger charge is 2.29. The first-order valence-electron chi connectivity index (χ1n) is 7.86. The van der Waals surface area contributed by atoms with Crippen molar-refractivity contribution < 1.29 is 13.2 Å². The van der Waals surface area contributed by atoms with Crippen LogP contribution in [0.15, 0.2) is 29.2 Å². The lowest BCUT2D eigenvalue weighted by Crippen LogP contribution is -2.50. The van der Waals surface area contributed by atoms with Crippen molar-refractivity contribution in [3.8, 4) is 0 Å². The SMILES string of the molecule is CCCc1ccc(S(=O)(=O)N2CCN(C(=O)CC)CC2)cc1. The van der Waals surface area contributed by atoms with E-state index in [2.05, 4.69) is 6.92 Å². The van der Waals surface area contributed by atoms with Crippen LogP contribution in [0.25, 0.3) is 0 Å². The number of hydrogen-bond donors (Lipinski definition) is 0. The quantitative estimate of drug-likeness (QED) is 0.831. The number of amides is 1. The van der Waals surface area contributed by atoms with Gasteiger partial charge < -0.3 is 4.90 Å². The Bertz CT molecular complexity index is 603. The first-order valence-corrected chi connectivity index (χ1v) is 9.30. The van der Waals surface area contributed by atoms with E-state index in [1.165, 1.54) is 4.31 Å². The molecule has 0 spiro atoms. The average molecular weight is 324 g/mol. The summed E-state index contributed by atoms with van der Waals surface area (Å²) in [5.41, 5.74) is 1.15. The molecule has 0 unspecified atom stereocenters. The summed E-state index contributed by atoms with van der Waals surface area (Å²) >= 11 is 0. The lowest BCUT2D eigenvalue weighted by Gasteiger charge is -2.33. The second-order valence-corrected chi connectivity index (χ2v) is 7.47. The Kier molecular flexibility index (Phi) is 5.58. The molecule has 1 amide bonds. The van der Waals surface area contributed by atoms with E-state index < -0.39 is 10.0 Å². The van der Waals surface area contributed by atoms with Gasteiger partial charge in [-0.25, -0.2) is 8.42 Å². The number of hydrogen-bond acceptors (Lipinski definition) is 3. The number of nitrogens with zero attached hydrogens (tertiary/aromatic N) is 2. The molecule has 0 aromatic heterocycles. The van der Waals surface area contributed by atoms with Crippen molar-refractivity contribution in [3.63, 3.8) is 0 Å². The molecule has 0 radical (unpaired) electrons. The Labute approximate surface area is 133 Å². The minimum Gasteiger partial charge on any atom is -0.340 e. The molecule has 0 saturated carbocycles. The highest BCUT2D eigenvalue weighted by Crippen LogP contribution is 2.19. The molecule has 0 atom stereocenters. The zero-order valence-corrected chi connectivity index (χ0v) is 14.1. The maximum absolute atomic E-state index is 12.6. The summed E-state index contributed by atoms with van der Waals surface area (Å²) in [5, 5.41) is 0. The molecule has 0 aliphatic carbocycles. The summed E-state index contributed by atoms with van der Waals surface area (Å²) in [6.45, 7) is 5.60. The number of carbonyl (C=O) groups is 1. The molecule has 6 heteroatoms. The molecule has 1 aliphatic rings. The Balaban J connectivity index is 2.06. The third kappa shape index (κ3) is 3.67. The normalized spacial score (nSPS) is 16.7. The van der Waals surface area contributed by atoms with Crippen LogP contribution in [0.5, 0.6) is 0 Å². The van der Waals surface area contributed by atoms with E-state index in [0.717, 1.165) is 18.4 Å². The molecule has 0 N–H and O–H groups in total. The second kappa shape index (κ2) is 7.24. The maximum atomic E-state index is 12.6. The molecule has 0 bridgehead atoms. The Morgan fingerprint density at radius 2 is 1.64 bits per heavy atom. The number of aryl methyl sites for hydroxylation is 1. The van der Waals surface area contributed by atoms with Crippen molar-refractivity contribution in [2.24, 2.45) is 0 Å². The fourth-order valence-electron chi connectivity index (χ4n) is 2.67. The first-order chi connectivity index (χ1) is 10.5. The van der Waals surface area contributed by atoms with Gasteiger partial charge in [0.15, 0.2) is 0 Å². The van der Waals surface area contributed by atoms with Crippen LogP contribution in [-0.4, -0.2) is 49.7 Å². The predicted molar refractivity (Wildman–Crippen MR) is 86.1 cm³/mol. The predicted octanol–water partition coefficient (Wildman–Crippen LogP) is 1.88. The molecule has 1 aromatic rings. The van der Waals surface area contributed by atoms with E-state index >= 15 is 0 Å². The minimum absolute atomic E-state index is 0.0842. The first kappa shape index (κ1) is 17.0. The monoisotopic (exact) mass is 324 g/mol. The summed E-state index contributed by atoms with van der Waals surface area (Å²) in [7, 11) is -3.45. The molecule has 5 nitrogen and oxygen atoms in total. The van der Waals surface area contributed by atoms with Gasteiger partial charge in [0, 0.05) is 32.6 Å². The summed E-state index contributed by atoms with van der Waals surface area (Å²) < 4.78 is 26.7. The van der Waals surface area contributed by atoms with E-state index in [1.54, 1.807) is 17.0 Å². The lowest BCUT2D eigenvalue weighted by atomic mass is 10.1. The van der Waals surface area contributed by atoms with Gasteiger partial charge >= 0.3 is 0 Å². The van der Waals surface area contributed by atoms with Crippen molar-refractivity contribution in [3.05, 3.63) is 29.8 Å². The van der Waals surface area contributed by atoms with Gasteiger partial charge in [0.05, 0.1) is 4.90 Å². The van der Waals surface area contributed by atoms with E-state index in [0.29, 0.717) is 37.5 Å². The summed E-state index contributed by atoms with van der Waals surface area (Å²) in [5.74, 6) is 0.0842. The fraction of sp³-hybridized carbons (Fsp3) is 0.562. The molecule has 1 saturated heterocycles. The molecular formula is C16H24N2O3S. The maximum Gasteiger partial charge on any atom is 0.243 e. The zero-order chi connectivity index (χ0) is 16.2. The zero-order valence-electron chi connectivity index (χ0n) is 13.3. The smallest absolute Gasteiger partial charge is 0.243 e. The molecule has 1 heterocycles. The molecule has 1 aromatic carbocycles. The van der Waals surface area contributed by atoms with Crippen molar-refractivity contribution in [1.29, 1.82) is 0 Å². The molecule has 22 heavy (non-hydrogen) atoms. The van der Waals surface area contributed by atoms with Gasteiger partial charge in [-0.1, -0.05) is 32.4 Å². The second-order valence-electron chi connectivity index (χ2n) is 5.53. The van der Waals surface area contributed by atoms with Crippen LogP contribution in [0.4, 0.5) is 0 Å². The van der Waals surface area contributed by atoms with Crippen LogP contribution < -0.4 is 0 Å². The van der Waals surface area contributed by atoms with Crippen molar-refractivity contribution in [2.75, 3.05) is 26.2 Å². The Morgan fingerprint density at radius 3 is 2.14 bits per heavy atom. The van der Waals surface area contributed by atoms with E-state index in [1.807, 2.05) is 19.1 Å². The van der Waals surface area contributed by atoms with Crippen LogP contribution in [-0.2, 0) is 21.2 Å². The van der Waals surface area contributed by atoms with Crippen LogP contribution >= 0.6 is 0 Å². The molecule has 1 fully saturated rings. The largest absolute Gasteiger partial charge is 0.340 e. The molecule has 2 rings (SSSR count). The minimum atomic E-state index is -3.45. The van der Waals surface area contributed by atoms with E-state index in [9.17, 15) is 13.2 Å². The van der Waals surface area contributed by atoms with Crippen LogP contribution in [0.1, 0.15) is 32.3 Å². The van der Waals surface area contributed by atoms with Crippen LogP contribution in [0, 0.1) is 0 Å². The third-order valence-corrected chi connectivity index (χ3v) is 5.91. The van der Waals surface area contributed by atoms with E-state index in [-0.39, 0.29) is 5.91 Å². The van der Waals surface area contributed by atoms with Crippen molar-refractivity contribution in [1.82, 2.24) is 9.21 Å². The summed E-state index contributed by atoms with van der Waals surface area (Å²) in [4.78, 5) is 13.7. The average Bonchev–Trinajstić information content (AvgIpc) is 2.55. The van der Waals surface area contributed by atoms with Crippen molar-refractivity contribution in [2.45, 2.75) is 38.0 Å². The highest BCUT2D eigenvalue weighted by atomic mass is 32.2. The molecule has 122 valence electrons. The van der Waals surface area contributed by atoms with Gasteiger partial charge in [0.1, 0.15) is 0 Å². The fourth-order valence-corrected chi connectivity index (χ4v) is 4.09. The van der Waals surface area contributed by atoms with Crippen LogP contribution in [0.3, 0.4) is 0 Å². The number of carbonyl (C=O) groups excluding carboxylic acids is 1. The van der Waals surface area contributed by atoms with Gasteiger partial charge in [-0.05, 0) is 24.1 Å². The Hall–Kier alpha value is -1.40. The van der Waals surface area contributed by atoms with Gasteiger partial charge in [0.2, 0.25) is 15.9 Å². The van der Waals surface area contributed by atoms with Crippen molar-refractivity contribution >= 4 is 15.9 Å². The van der Waals surface area contributed by atoms with Gasteiger partial charge in [-0.15, -0.1) is 0 Å². The highest BCUT2D eigenvalue weighted by molar-refractivity contribution is 7.89. The van der Waals surface area contributed by atoms with E-state index in [4.69, 9.17) is 0 Å². The van der Waals surface area contributed by atoms with Gasteiger partial charge in [0.25, 0.3) is 0 Å². The van der Waals surface area contributed by atoms with Gasteiger partial charge in [-0.3, -0.25) is 4.79 Å². The standard InChI is InChI=1S/C16H24N2O3S/c1-3-5-14-6-8-15(9-7-14)22(20,21)18-12-10-17(11-13-18)16(19)4-2/h6-9H,3-5,10-13H2,1-2H3. The number of sulfonamides is 1. The summed E-state index contributed by atoms with van der Waals surface area (Å²) in [6, 6.07) is 7.13. The lowest BCUT2D eigenvalue weighted by molar-refractivity contribution is -0.132. The Morgan fingerprint density at radius 1 is 1.05 bits per heavy atom. The number of benzene rings is 1. The number of piperazine rings is 1.